The average molecular weight is 220 g/mol. The molecule has 1 N–H and O–H groups in total. The molecule has 2 heterocycles. The van der Waals surface area contributed by atoms with Crippen molar-refractivity contribution >= 4 is 5.82 Å². The summed E-state index contributed by atoms with van der Waals surface area (Å²) in [6, 6.07) is 2.58. The molecule has 88 valence electrons. The van der Waals surface area contributed by atoms with E-state index in [0.717, 1.165) is 17.3 Å². The second-order valence-corrected chi connectivity index (χ2v) is 4.66. The fraction of sp³-hybridized carbons (Fsp3) is 0.667. The third-order valence-electron chi connectivity index (χ3n) is 3.04. The predicted octanol–water partition coefficient (Wildman–Crippen LogP) is 1.60. The van der Waals surface area contributed by atoms with Crippen LogP contribution in [0.5, 0.6) is 0 Å². The molecule has 0 bridgehead atoms. The molecule has 16 heavy (non-hydrogen) atoms. The van der Waals surface area contributed by atoms with Crippen LogP contribution in [0.25, 0.3) is 0 Å². The third-order valence-corrected chi connectivity index (χ3v) is 3.04. The van der Waals surface area contributed by atoms with Crippen molar-refractivity contribution in [2.45, 2.75) is 32.7 Å². The maximum absolute atomic E-state index is 4.41. The Morgan fingerprint density at radius 2 is 1.94 bits per heavy atom. The lowest BCUT2D eigenvalue weighted by Crippen LogP contribution is -2.36. The Bertz CT molecular complexity index is 336. The van der Waals surface area contributed by atoms with Gasteiger partial charge in [-0.1, -0.05) is 0 Å². The topological polar surface area (TPSA) is 41.0 Å². The molecule has 4 nitrogen and oxygen atoms in total. The van der Waals surface area contributed by atoms with Gasteiger partial charge in [0.05, 0.1) is 0 Å². The SMILES string of the molecule is Cc1cc(NC2CCN(C)CC2)nc(C)n1. The van der Waals surface area contributed by atoms with Crippen LogP contribution < -0.4 is 5.32 Å². The number of rotatable bonds is 2. The summed E-state index contributed by atoms with van der Waals surface area (Å²) in [5.74, 6) is 1.81. The molecule has 1 aliphatic rings. The number of nitrogens with one attached hydrogen (secondary N) is 1. The van der Waals surface area contributed by atoms with Crippen molar-refractivity contribution < 1.29 is 0 Å². The van der Waals surface area contributed by atoms with E-state index in [1.807, 2.05) is 19.9 Å². The molecule has 1 saturated heterocycles. The zero-order valence-corrected chi connectivity index (χ0v) is 10.3. The van der Waals surface area contributed by atoms with E-state index in [-0.39, 0.29) is 0 Å². The second kappa shape index (κ2) is 4.78. The fourth-order valence-electron chi connectivity index (χ4n) is 2.15. The Labute approximate surface area is 97.1 Å². The predicted molar refractivity (Wildman–Crippen MR) is 65.6 cm³/mol. The van der Waals surface area contributed by atoms with Crippen LogP contribution in [-0.2, 0) is 0 Å². The first-order valence-corrected chi connectivity index (χ1v) is 5.91. The van der Waals surface area contributed by atoms with E-state index in [4.69, 9.17) is 0 Å². The highest BCUT2D eigenvalue weighted by molar-refractivity contribution is 5.36. The molecule has 1 fully saturated rings. The highest BCUT2D eigenvalue weighted by Gasteiger charge is 2.16. The van der Waals surface area contributed by atoms with E-state index in [1.165, 1.54) is 25.9 Å². The van der Waals surface area contributed by atoms with E-state index in [0.29, 0.717) is 6.04 Å². The monoisotopic (exact) mass is 220 g/mol. The molecule has 2 rings (SSSR count). The van der Waals surface area contributed by atoms with Crippen LogP contribution in [0.2, 0.25) is 0 Å². The molecule has 0 amide bonds. The van der Waals surface area contributed by atoms with Crippen molar-refractivity contribution in [2.75, 3.05) is 25.5 Å². The van der Waals surface area contributed by atoms with Gasteiger partial charge in [0.2, 0.25) is 0 Å². The number of aryl methyl sites for hydroxylation is 2. The normalized spacial score (nSPS) is 18.7. The molecule has 1 aromatic heterocycles. The largest absolute Gasteiger partial charge is 0.367 e. The molecular weight excluding hydrogens is 200 g/mol. The zero-order valence-electron chi connectivity index (χ0n) is 10.3. The number of nitrogens with zero attached hydrogens (tertiary/aromatic N) is 3. The molecule has 0 aliphatic carbocycles. The lowest BCUT2D eigenvalue weighted by Gasteiger charge is -2.29. The minimum atomic E-state index is 0.560. The Hall–Kier alpha value is -1.16. The summed E-state index contributed by atoms with van der Waals surface area (Å²) in [6.45, 7) is 6.28. The summed E-state index contributed by atoms with van der Waals surface area (Å²) < 4.78 is 0. The molecule has 1 aromatic rings. The van der Waals surface area contributed by atoms with Gasteiger partial charge in [0.25, 0.3) is 0 Å². The summed E-state index contributed by atoms with van der Waals surface area (Å²) >= 11 is 0. The van der Waals surface area contributed by atoms with Gasteiger partial charge in [-0.2, -0.15) is 0 Å². The highest BCUT2D eigenvalue weighted by atomic mass is 15.1. The molecule has 0 saturated carbocycles. The fourth-order valence-corrected chi connectivity index (χ4v) is 2.15. The van der Waals surface area contributed by atoms with Gasteiger partial charge in [0.15, 0.2) is 0 Å². The van der Waals surface area contributed by atoms with Crippen LogP contribution in [0.15, 0.2) is 6.07 Å². The molecule has 1 aliphatic heterocycles. The van der Waals surface area contributed by atoms with Crippen LogP contribution in [0.4, 0.5) is 5.82 Å². The second-order valence-electron chi connectivity index (χ2n) is 4.66. The quantitative estimate of drug-likeness (QED) is 0.822. The van der Waals surface area contributed by atoms with Crippen LogP contribution in [-0.4, -0.2) is 41.0 Å². The lowest BCUT2D eigenvalue weighted by atomic mass is 10.1. The van der Waals surface area contributed by atoms with E-state index < -0.39 is 0 Å². The standard InChI is InChI=1S/C12H20N4/c1-9-8-12(14-10(2)13-9)15-11-4-6-16(3)7-5-11/h8,11H,4-7H2,1-3H3,(H,13,14,15). The Balaban J connectivity index is 1.98. The molecular formula is C12H20N4. The summed E-state index contributed by atoms with van der Waals surface area (Å²) in [5, 5.41) is 3.51. The molecule has 0 spiro atoms. The Kier molecular flexibility index (Phi) is 3.39. The molecule has 0 atom stereocenters. The molecule has 0 radical (unpaired) electrons. The maximum atomic E-state index is 4.41. The van der Waals surface area contributed by atoms with Crippen LogP contribution in [0.1, 0.15) is 24.4 Å². The van der Waals surface area contributed by atoms with Gasteiger partial charge < -0.3 is 10.2 Å². The van der Waals surface area contributed by atoms with Gasteiger partial charge in [-0.15, -0.1) is 0 Å². The smallest absolute Gasteiger partial charge is 0.130 e. The van der Waals surface area contributed by atoms with E-state index in [1.54, 1.807) is 0 Å². The maximum Gasteiger partial charge on any atom is 0.130 e. The van der Waals surface area contributed by atoms with E-state index in [9.17, 15) is 0 Å². The van der Waals surface area contributed by atoms with Gasteiger partial charge in [-0.3, -0.25) is 0 Å². The van der Waals surface area contributed by atoms with E-state index >= 15 is 0 Å². The zero-order chi connectivity index (χ0) is 11.5. The van der Waals surface area contributed by atoms with Crippen LogP contribution in [0, 0.1) is 13.8 Å². The van der Waals surface area contributed by atoms with E-state index in [2.05, 4.69) is 27.2 Å². The number of likely N-dealkylation sites (tertiary alicyclic amines) is 1. The summed E-state index contributed by atoms with van der Waals surface area (Å²) in [6.07, 6.45) is 2.39. The van der Waals surface area contributed by atoms with Crippen molar-refractivity contribution in [1.29, 1.82) is 0 Å². The minimum absolute atomic E-state index is 0.560. The van der Waals surface area contributed by atoms with Crippen molar-refractivity contribution in [3.63, 3.8) is 0 Å². The van der Waals surface area contributed by atoms with Crippen LogP contribution in [0.3, 0.4) is 0 Å². The minimum Gasteiger partial charge on any atom is -0.367 e. The molecule has 0 aromatic carbocycles. The first-order valence-electron chi connectivity index (χ1n) is 5.91. The first-order chi connectivity index (χ1) is 7.63. The van der Waals surface area contributed by atoms with Crippen molar-refractivity contribution in [2.24, 2.45) is 0 Å². The first kappa shape index (κ1) is 11.3. The Morgan fingerprint density at radius 1 is 1.25 bits per heavy atom. The number of hydrogen-bond acceptors (Lipinski definition) is 4. The number of hydrogen-bond donors (Lipinski definition) is 1. The van der Waals surface area contributed by atoms with Gasteiger partial charge in [0.1, 0.15) is 11.6 Å². The summed E-state index contributed by atoms with van der Waals surface area (Å²) in [7, 11) is 2.18. The number of anilines is 1. The summed E-state index contributed by atoms with van der Waals surface area (Å²) in [4.78, 5) is 11.1. The number of piperidine rings is 1. The van der Waals surface area contributed by atoms with Gasteiger partial charge in [-0.25, -0.2) is 9.97 Å². The van der Waals surface area contributed by atoms with Gasteiger partial charge >= 0.3 is 0 Å². The third kappa shape index (κ3) is 2.92. The van der Waals surface area contributed by atoms with Crippen molar-refractivity contribution in [1.82, 2.24) is 14.9 Å². The molecule has 4 heteroatoms. The lowest BCUT2D eigenvalue weighted by molar-refractivity contribution is 0.263. The van der Waals surface area contributed by atoms with Crippen LogP contribution >= 0.6 is 0 Å². The summed E-state index contributed by atoms with van der Waals surface area (Å²) in [5.41, 5.74) is 1.03. The Morgan fingerprint density at radius 3 is 2.56 bits per heavy atom. The average Bonchev–Trinajstić information content (AvgIpc) is 2.20. The van der Waals surface area contributed by atoms with Gasteiger partial charge in [-0.05, 0) is 46.8 Å². The molecule has 0 unspecified atom stereocenters. The van der Waals surface area contributed by atoms with Crippen molar-refractivity contribution in [3.8, 4) is 0 Å². The number of aromatic nitrogens is 2. The highest BCUT2D eigenvalue weighted by Crippen LogP contribution is 2.14. The van der Waals surface area contributed by atoms with Gasteiger partial charge in [0, 0.05) is 17.8 Å². The van der Waals surface area contributed by atoms with Crippen molar-refractivity contribution in [3.05, 3.63) is 17.6 Å².